The van der Waals surface area contributed by atoms with Crippen LogP contribution in [0.15, 0.2) is 24.3 Å². The zero-order valence-corrected chi connectivity index (χ0v) is 11.2. The highest BCUT2D eigenvalue weighted by Crippen LogP contribution is 2.41. The van der Waals surface area contributed by atoms with Gasteiger partial charge in [0.2, 0.25) is 5.91 Å². The van der Waals surface area contributed by atoms with E-state index in [-0.39, 0.29) is 5.92 Å². The number of anilines is 1. The van der Waals surface area contributed by atoms with Crippen molar-refractivity contribution in [3.8, 4) is 0 Å². The Balaban J connectivity index is 1.91. The van der Waals surface area contributed by atoms with Gasteiger partial charge in [-0.3, -0.25) is 4.79 Å². The maximum atomic E-state index is 12.5. The molecule has 1 aromatic rings. The second kappa shape index (κ2) is 4.42. The highest BCUT2D eigenvalue weighted by atomic mass is 16.2. The number of rotatable bonds is 1. The number of carbonyl (C=O) groups excluding carboxylic acids is 1. The second-order valence-corrected chi connectivity index (χ2v) is 5.90. The number of carbonyl (C=O) groups is 1. The summed E-state index contributed by atoms with van der Waals surface area (Å²) in [5.41, 5.74) is 2.37. The van der Waals surface area contributed by atoms with Crippen LogP contribution in [0.25, 0.3) is 0 Å². The lowest BCUT2D eigenvalue weighted by molar-refractivity contribution is -0.119. The number of hydrogen-bond donors (Lipinski definition) is 0. The molecule has 2 aliphatic rings. The topological polar surface area (TPSA) is 20.3 Å². The standard InChI is InChI=1S/C16H21NO/c1-11-7-9-13(10-8-11)17-15-6-4-3-5-14(15)12(2)16(17)18/h3-6,11-13H,7-10H2,1-2H3. The van der Waals surface area contributed by atoms with E-state index in [0.717, 1.165) is 24.4 Å². The Morgan fingerprint density at radius 2 is 1.72 bits per heavy atom. The Morgan fingerprint density at radius 1 is 1.06 bits per heavy atom. The Labute approximate surface area is 109 Å². The van der Waals surface area contributed by atoms with E-state index < -0.39 is 0 Å². The molecule has 96 valence electrons. The molecular formula is C16H21NO. The lowest BCUT2D eigenvalue weighted by atomic mass is 9.86. The molecule has 1 aliphatic heterocycles. The molecule has 0 bridgehead atoms. The van der Waals surface area contributed by atoms with E-state index in [0.29, 0.717) is 11.9 Å². The summed E-state index contributed by atoms with van der Waals surface area (Å²) in [4.78, 5) is 14.6. The van der Waals surface area contributed by atoms with Gasteiger partial charge in [-0.15, -0.1) is 0 Å². The normalized spacial score (nSPS) is 31.6. The van der Waals surface area contributed by atoms with E-state index >= 15 is 0 Å². The van der Waals surface area contributed by atoms with Crippen LogP contribution in [0.1, 0.15) is 51.0 Å². The maximum absolute atomic E-state index is 12.5. The number of benzene rings is 1. The van der Waals surface area contributed by atoms with Crippen molar-refractivity contribution in [2.75, 3.05) is 4.90 Å². The Morgan fingerprint density at radius 3 is 2.44 bits per heavy atom. The molecule has 1 fully saturated rings. The first-order chi connectivity index (χ1) is 8.68. The maximum Gasteiger partial charge on any atom is 0.234 e. The van der Waals surface area contributed by atoms with Crippen LogP contribution < -0.4 is 4.90 Å². The average Bonchev–Trinajstić information content (AvgIpc) is 2.64. The molecular weight excluding hydrogens is 222 g/mol. The number of para-hydroxylation sites is 1. The van der Waals surface area contributed by atoms with Gasteiger partial charge in [-0.2, -0.15) is 0 Å². The molecule has 18 heavy (non-hydrogen) atoms. The van der Waals surface area contributed by atoms with Crippen molar-refractivity contribution in [2.24, 2.45) is 5.92 Å². The predicted molar refractivity (Wildman–Crippen MR) is 73.8 cm³/mol. The third kappa shape index (κ3) is 1.75. The quantitative estimate of drug-likeness (QED) is 0.736. The van der Waals surface area contributed by atoms with Gasteiger partial charge < -0.3 is 4.90 Å². The van der Waals surface area contributed by atoms with Gasteiger partial charge in [0.15, 0.2) is 0 Å². The molecule has 1 aliphatic carbocycles. The smallest absolute Gasteiger partial charge is 0.234 e. The summed E-state index contributed by atoms with van der Waals surface area (Å²) in [6, 6.07) is 8.72. The largest absolute Gasteiger partial charge is 0.309 e. The third-order valence-electron chi connectivity index (χ3n) is 4.62. The molecule has 1 saturated carbocycles. The molecule has 0 N–H and O–H groups in total. The first-order valence-corrected chi connectivity index (χ1v) is 7.10. The van der Waals surface area contributed by atoms with E-state index in [2.05, 4.69) is 24.0 Å². The van der Waals surface area contributed by atoms with Gasteiger partial charge in [0, 0.05) is 11.7 Å². The van der Waals surface area contributed by atoms with Crippen molar-refractivity contribution in [3.05, 3.63) is 29.8 Å². The molecule has 2 nitrogen and oxygen atoms in total. The van der Waals surface area contributed by atoms with E-state index in [9.17, 15) is 4.79 Å². The second-order valence-electron chi connectivity index (χ2n) is 5.90. The average molecular weight is 243 g/mol. The monoisotopic (exact) mass is 243 g/mol. The fourth-order valence-electron chi connectivity index (χ4n) is 3.41. The van der Waals surface area contributed by atoms with E-state index in [4.69, 9.17) is 0 Å². The first kappa shape index (κ1) is 11.8. The van der Waals surface area contributed by atoms with Crippen LogP contribution in [-0.2, 0) is 4.79 Å². The van der Waals surface area contributed by atoms with Crippen LogP contribution in [0.5, 0.6) is 0 Å². The fraction of sp³-hybridized carbons (Fsp3) is 0.562. The SMILES string of the molecule is CC1CCC(N2C(=O)C(C)c3ccccc32)CC1. The molecule has 3 rings (SSSR count). The summed E-state index contributed by atoms with van der Waals surface area (Å²) in [7, 11) is 0. The zero-order valence-electron chi connectivity index (χ0n) is 11.2. The summed E-state index contributed by atoms with van der Waals surface area (Å²) < 4.78 is 0. The van der Waals surface area contributed by atoms with E-state index in [1.165, 1.54) is 18.4 Å². The van der Waals surface area contributed by atoms with Gasteiger partial charge in [-0.25, -0.2) is 0 Å². The molecule has 1 amide bonds. The Kier molecular flexibility index (Phi) is 2.89. The van der Waals surface area contributed by atoms with E-state index in [1.807, 2.05) is 19.1 Å². The highest BCUT2D eigenvalue weighted by molar-refractivity contribution is 6.05. The summed E-state index contributed by atoms with van der Waals surface area (Å²) >= 11 is 0. The Bertz CT molecular complexity index is 460. The van der Waals surface area contributed by atoms with Gasteiger partial charge in [0.25, 0.3) is 0 Å². The van der Waals surface area contributed by atoms with Crippen LogP contribution in [0.4, 0.5) is 5.69 Å². The Hall–Kier alpha value is -1.31. The lowest BCUT2D eigenvalue weighted by Crippen LogP contribution is -2.40. The molecule has 0 radical (unpaired) electrons. The number of fused-ring (bicyclic) bond motifs is 1. The van der Waals surface area contributed by atoms with Gasteiger partial charge >= 0.3 is 0 Å². The third-order valence-corrected chi connectivity index (χ3v) is 4.62. The molecule has 0 aromatic heterocycles. The van der Waals surface area contributed by atoms with Gasteiger partial charge in [-0.05, 0) is 50.2 Å². The highest BCUT2D eigenvalue weighted by Gasteiger charge is 2.38. The zero-order chi connectivity index (χ0) is 12.7. The number of amides is 1. The van der Waals surface area contributed by atoms with Crippen LogP contribution >= 0.6 is 0 Å². The molecule has 0 saturated heterocycles. The van der Waals surface area contributed by atoms with Crippen LogP contribution in [0, 0.1) is 5.92 Å². The summed E-state index contributed by atoms with van der Waals surface area (Å²) in [5, 5.41) is 0. The van der Waals surface area contributed by atoms with E-state index in [1.54, 1.807) is 0 Å². The minimum Gasteiger partial charge on any atom is -0.309 e. The predicted octanol–water partition coefficient (Wildman–Crippen LogP) is 3.72. The van der Waals surface area contributed by atoms with Crippen molar-refractivity contribution in [2.45, 2.75) is 51.5 Å². The first-order valence-electron chi connectivity index (χ1n) is 7.10. The summed E-state index contributed by atoms with van der Waals surface area (Å²) in [6.07, 6.45) is 4.83. The minimum atomic E-state index is 0.0422. The van der Waals surface area contributed by atoms with Crippen LogP contribution in [-0.4, -0.2) is 11.9 Å². The van der Waals surface area contributed by atoms with Crippen molar-refractivity contribution in [1.82, 2.24) is 0 Å². The molecule has 1 heterocycles. The van der Waals surface area contributed by atoms with Crippen molar-refractivity contribution in [1.29, 1.82) is 0 Å². The van der Waals surface area contributed by atoms with Gasteiger partial charge in [-0.1, -0.05) is 25.1 Å². The summed E-state index contributed by atoms with van der Waals surface area (Å²) in [5.74, 6) is 1.17. The number of hydrogen-bond acceptors (Lipinski definition) is 1. The molecule has 2 heteroatoms. The van der Waals surface area contributed by atoms with Crippen molar-refractivity contribution < 1.29 is 4.79 Å². The van der Waals surface area contributed by atoms with Crippen molar-refractivity contribution >= 4 is 11.6 Å². The van der Waals surface area contributed by atoms with Gasteiger partial charge in [0.05, 0.1) is 5.92 Å². The molecule has 1 unspecified atom stereocenters. The van der Waals surface area contributed by atoms with Crippen molar-refractivity contribution in [3.63, 3.8) is 0 Å². The minimum absolute atomic E-state index is 0.0422. The number of nitrogens with zero attached hydrogens (tertiary/aromatic N) is 1. The lowest BCUT2D eigenvalue weighted by Gasteiger charge is -2.34. The van der Waals surface area contributed by atoms with Gasteiger partial charge in [0.1, 0.15) is 0 Å². The fourth-order valence-corrected chi connectivity index (χ4v) is 3.41. The molecule has 1 aromatic carbocycles. The van der Waals surface area contributed by atoms with Crippen LogP contribution in [0.3, 0.4) is 0 Å². The molecule has 0 spiro atoms. The van der Waals surface area contributed by atoms with Crippen LogP contribution in [0.2, 0.25) is 0 Å². The summed E-state index contributed by atoms with van der Waals surface area (Å²) in [6.45, 7) is 4.35. The molecule has 1 atom stereocenters.